The summed E-state index contributed by atoms with van der Waals surface area (Å²) in [4.78, 5) is 0. The van der Waals surface area contributed by atoms with Crippen molar-refractivity contribution in [1.29, 1.82) is 0 Å². The zero-order valence-corrected chi connectivity index (χ0v) is 9.18. The van der Waals surface area contributed by atoms with Crippen LogP contribution in [0, 0.1) is 0 Å². The van der Waals surface area contributed by atoms with Crippen molar-refractivity contribution in [3.8, 4) is 0 Å². The molecule has 0 heterocycles. The summed E-state index contributed by atoms with van der Waals surface area (Å²) in [6, 6.07) is 0. The van der Waals surface area contributed by atoms with E-state index in [1.54, 1.807) is 6.08 Å². The van der Waals surface area contributed by atoms with Gasteiger partial charge in [-0.3, -0.25) is 0 Å². The number of rotatable bonds is 3. The second-order valence-electron chi connectivity index (χ2n) is 2.17. The fourth-order valence-electron chi connectivity index (χ4n) is 0.485. The second-order valence-corrected chi connectivity index (χ2v) is 5.25. The average Bonchev–Trinajstić information content (AvgIpc) is 1.85. The van der Waals surface area contributed by atoms with E-state index >= 15 is 0 Å². The monoisotopic (exact) mass is 234 g/mol. The minimum atomic E-state index is -1.19. The van der Waals surface area contributed by atoms with Crippen LogP contribution in [0.3, 0.4) is 0 Å². The van der Waals surface area contributed by atoms with Crippen LogP contribution in [0.4, 0.5) is 0 Å². The molecule has 1 unspecified atom stereocenters. The molecule has 0 aromatic rings. The van der Waals surface area contributed by atoms with Gasteiger partial charge < -0.3 is 0 Å². The summed E-state index contributed by atoms with van der Waals surface area (Å²) in [5, 5.41) is 0.0438. The van der Waals surface area contributed by atoms with Gasteiger partial charge in [0.1, 0.15) is 0 Å². The van der Waals surface area contributed by atoms with Gasteiger partial charge in [0.05, 0.1) is 5.38 Å². The van der Waals surface area contributed by atoms with Gasteiger partial charge in [-0.15, -0.1) is 11.6 Å². The molecular formula is C7H10Cl4. The summed E-state index contributed by atoms with van der Waals surface area (Å²) in [5.74, 6) is 0. The topological polar surface area (TPSA) is 0 Å². The molecule has 0 amide bonds. The molecule has 0 radical (unpaired) electrons. The predicted octanol–water partition coefficient (Wildman–Crippen LogP) is 4.32. The Morgan fingerprint density at radius 3 is 2.27 bits per heavy atom. The highest BCUT2D eigenvalue weighted by molar-refractivity contribution is 6.67. The summed E-state index contributed by atoms with van der Waals surface area (Å²) in [5.41, 5.74) is 0. The van der Waals surface area contributed by atoms with E-state index in [1.165, 1.54) is 0 Å². The Balaban J connectivity index is 3.60. The van der Waals surface area contributed by atoms with E-state index in [2.05, 4.69) is 0 Å². The molecule has 0 aromatic heterocycles. The van der Waals surface area contributed by atoms with Crippen molar-refractivity contribution >= 4 is 46.4 Å². The summed E-state index contributed by atoms with van der Waals surface area (Å²) in [6.07, 6.45) is 4.91. The van der Waals surface area contributed by atoms with Gasteiger partial charge in [0.2, 0.25) is 0 Å². The molecule has 0 nitrogen and oxygen atoms in total. The average molecular weight is 236 g/mol. The van der Waals surface area contributed by atoms with Gasteiger partial charge in [-0.1, -0.05) is 53.9 Å². The standard InChI is InChI=1S/C7H10Cl4/c1-2-6(8)4-3-5-7(9,10)11/h3-4,6H,2,5H2,1H3/b4-3+. The van der Waals surface area contributed by atoms with Gasteiger partial charge in [0.25, 0.3) is 0 Å². The van der Waals surface area contributed by atoms with Crippen LogP contribution >= 0.6 is 46.4 Å². The lowest BCUT2D eigenvalue weighted by Gasteiger charge is -2.06. The molecule has 0 aliphatic rings. The number of halogens is 4. The first-order valence-electron chi connectivity index (χ1n) is 3.33. The quantitative estimate of drug-likeness (QED) is 0.505. The van der Waals surface area contributed by atoms with E-state index in [9.17, 15) is 0 Å². The highest BCUT2D eigenvalue weighted by atomic mass is 35.6. The maximum atomic E-state index is 5.78. The smallest absolute Gasteiger partial charge is 0.118 e. The van der Waals surface area contributed by atoms with Crippen LogP contribution < -0.4 is 0 Å². The first-order chi connectivity index (χ1) is 4.95. The third-order valence-corrected chi connectivity index (χ3v) is 2.00. The second kappa shape index (κ2) is 5.53. The van der Waals surface area contributed by atoms with Crippen molar-refractivity contribution < 1.29 is 0 Å². The Labute approximate surface area is 87.5 Å². The zero-order valence-electron chi connectivity index (χ0n) is 6.16. The molecule has 11 heavy (non-hydrogen) atoms. The van der Waals surface area contributed by atoms with Crippen LogP contribution in [0.15, 0.2) is 12.2 Å². The molecule has 0 N–H and O–H groups in total. The zero-order chi connectivity index (χ0) is 8.91. The summed E-state index contributed by atoms with van der Waals surface area (Å²) in [6.45, 7) is 2.00. The molecule has 0 saturated heterocycles. The van der Waals surface area contributed by atoms with E-state index in [0.29, 0.717) is 6.42 Å². The van der Waals surface area contributed by atoms with Crippen molar-refractivity contribution in [3.63, 3.8) is 0 Å². The lowest BCUT2D eigenvalue weighted by molar-refractivity contribution is 0.952. The molecule has 4 heteroatoms. The van der Waals surface area contributed by atoms with Gasteiger partial charge in [-0.2, -0.15) is 0 Å². The molecular weight excluding hydrogens is 226 g/mol. The maximum Gasteiger partial charge on any atom is 0.194 e. The predicted molar refractivity (Wildman–Crippen MR) is 54.0 cm³/mol. The van der Waals surface area contributed by atoms with E-state index in [4.69, 9.17) is 46.4 Å². The Kier molecular flexibility index (Phi) is 5.98. The van der Waals surface area contributed by atoms with Crippen molar-refractivity contribution in [2.24, 2.45) is 0 Å². The van der Waals surface area contributed by atoms with Crippen LogP contribution in [-0.4, -0.2) is 9.17 Å². The van der Waals surface area contributed by atoms with Crippen molar-refractivity contribution in [2.75, 3.05) is 0 Å². The number of hydrogen-bond donors (Lipinski definition) is 0. The lowest BCUT2D eigenvalue weighted by atomic mass is 10.3. The molecule has 0 rings (SSSR count). The molecule has 0 bridgehead atoms. The van der Waals surface area contributed by atoms with E-state index in [-0.39, 0.29) is 5.38 Å². The minimum Gasteiger partial charge on any atom is -0.118 e. The van der Waals surface area contributed by atoms with Gasteiger partial charge >= 0.3 is 0 Å². The van der Waals surface area contributed by atoms with Crippen molar-refractivity contribution in [1.82, 2.24) is 0 Å². The number of allylic oxidation sites excluding steroid dienone is 2. The number of alkyl halides is 4. The van der Waals surface area contributed by atoms with Crippen LogP contribution in [0.1, 0.15) is 19.8 Å². The van der Waals surface area contributed by atoms with Crippen molar-refractivity contribution in [3.05, 3.63) is 12.2 Å². The normalized spacial score (nSPS) is 15.7. The first-order valence-corrected chi connectivity index (χ1v) is 4.90. The van der Waals surface area contributed by atoms with E-state index in [0.717, 1.165) is 6.42 Å². The molecule has 66 valence electrons. The van der Waals surface area contributed by atoms with E-state index < -0.39 is 3.79 Å². The molecule has 0 aliphatic carbocycles. The van der Waals surface area contributed by atoms with E-state index in [1.807, 2.05) is 13.0 Å². The molecule has 0 saturated carbocycles. The van der Waals surface area contributed by atoms with Crippen LogP contribution in [0.25, 0.3) is 0 Å². The highest BCUT2D eigenvalue weighted by Gasteiger charge is 2.16. The fraction of sp³-hybridized carbons (Fsp3) is 0.714. The Hall–Kier alpha value is 0.900. The molecule has 0 aliphatic heterocycles. The van der Waals surface area contributed by atoms with Gasteiger partial charge in [0, 0.05) is 6.42 Å². The van der Waals surface area contributed by atoms with Gasteiger partial charge in [-0.05, 0) is 6.42 Å². The summed E-state index contributed by atoms with van der Waals surface area (Å²) in [7, 11) is 0. The lowest BCUT2D eigenvalue weighted by Crippen LogP contribution is -1.99. The maximum absolute atomic E-state index is 5.78. The third-order valence-electron chi connectivity index (χ3n) is 1.08. The summed E-state index contributed by atoms with van der Waals surface area (Å²) < 4.78 is -1.19. The largest absolute Gasteiger partial charge is 0.194 e. The molecule has 0 spiro atoms. The van der Waals surface area contributed by atoms with Gasteiger partial charge in [-0.25, -0.2) is 0 Å². The SMILES string of the molecule is CCC(Cl)/C=C/CC(Cl)(Cl)Cl. The third kappa shape index (κ3) is 8.81. The molecule has 0 fully saturated rings. The number of hydrogen-bond acceptors (Lipinski definition) is 0. The molecule has 0 aromatic carbocycles. The fourth-order valence-corrected chi connectivity index (χ4v) is 0.856. The van der Waals surface area contributed by atoms with Crippen LogP contribution in [-0.2, 0) is 0 Å². The summed E-state index contributed by atoms with van der Waals surface area (Å²) >= 11 is 22.3. The Bertz CT molecular complexity index is 125. The highest BCUT2D eigenvalue weighted by Crippen LogP contribution is 2.30. The van der Waals surface area contributed by atoms with Crippen molar-refractivity contribution in [2.45, 2.75) is 28.9 Å². The Morgan fingerprint density at radius 1 is 1.36 bits per heavy atom. The van der Waals surface area contributed by atoms with Gasteiger partial charge in [0.15, 0.2) is 3.79 Å². The van der Waals surface area contributed by atoms with Crippen LogP contribution in [0.2, 0.25) is 0 Å². The van der Waals surface area contributed by atoms with Crippen LogP contribution in [0.5, 0.6) is 0 Å². The Morgan fingerprint density at radius 2 is 1.91 bits per heavy atom. The first kappa shape index (κ1) is 11.9. The molecule has 1 atom stereocenters. The minimum absolute atomic E-state index is 0.0438.